The van der Waals surface area contributed by atoms with Crippen molar-refractivity contribution in [3.8, 4) is 16.5 Å². The second-order valence-corrected chi connectivity index (χ2v) is 9.43. The number of rotatable bonds is 6. The first-order valence-electron chi connectivity index (χ1n) is 11.4. The summed E-state index contributed by atoms with van der Waals surface area (Å²) in [6.07, 6.45) is 6.04. The summed E-state index contributed by atoms with van der Waals surface area (Å²) in [5, 5.41) is 0.768. The first kappa shape index (κ1) is 22.3. The Morgan fingerprint density at radius 3 is 2.97 bits per heavy atom. The van der Waals surface area contributed by atoms with E-state index < -0.39 is 0 Å². The van der Waals surface area contributed by atoms with E-state index in [0.717, 1.165) is 52.9 Å². The zero-order valence-electron chi connectivity index (χ0n) is 19.2. The lowest BCUT2D eigenvalue weighted by Gasteiger charge is -2.31. The highest BCUT2D eigenvalue weighted by Crippen LogP contribution is 2.31. The highest BCUT2D eigenvalue weighted by molar-refractivity contribution is 7.17. The first-order valence-corrected chi connectivity index (χ1v) is 12.2. The van der Waals surface area contributed by atoms with Crippen LogP contribution in [0, 0.1) is 6.92 Å². The summed E-state index contributed by atoms with van der Waals surface area (Å²) in [6, 6.07) is 13.6. The summed E-state index contributed by atoms with van der Waals surface area (Å²) in [6.45, 7) is 3.20. The topological polar surface area (TPSA) is 81.4 Å². The number of carbonyl (C=O) groups is 1. The minimum absolute atomic E-state index is 0.0186. The van der Waals surface area contributed by atoms with Gasteiger partial charge in [0.25, 0.3) is 5.91 Å². The van der Waals surface area contributed by atoms with Crippen LogP contribution in [0.3, 0.4) is 0 Å². The number of benzene rings is 1. The highest BCUT2D eigenvalue weighted by atomic mass is 32.1. The molecule has 1 amide bonds. The molecule has 7 nitrogen and oxygen atoms in total. The van der Waals surface area contributed by atoms with E-state index >= 15 is 0 Å². The fourth-order valence-electron chi connectivity index (χ4n) is 4.28. The van der Waals surface area contributed by atoms with Crippen LogP contribution < -0.4 is 4.74 Å². The van der Waals surface area contributed by atoms with E-state index in [9.17, 15) is 4.79 Å². The summed E-state index contributed by atoms with van der Waals surface area (Å²) >= 11 is 1.41. The molecule has 1 aromatic carbocycles. The van der Waals surface area contributed by atoms with Crippen molar-refractivity contribution in [3.05, 3.63) is 82.6 Å². The molecule has 0 spiro atoms. The predicted molar refractivity (Wildman–Crippen MR) is 130 cm³/mol. The molecule has 1 aliphatic heterocycles. The molecule has 1 saturated heterocycles. The lowest BCUT2D eigenvalue weighted by molar-refractivity contribution is 0.0702. The Morgan fingerprint density at radius 2 is 2.15 bits per heavy atom. The number of thiazole rings is 1. The van der Waals surface area contributed by atoms with Gasteiger partial charge in [-0.15, -0.1) is 11.3 Å². The largest absolute Gasteiger partial charge is 0.497 e. The van der Waals surface area contributed by atoms with E-state index in [1.165, 1.54) is 11.3 Å². The Labute approximate surface area is 202 Å². The third kappa shape index (κ3) is 4.72. The molecule has 1 atom stereocenters. The highest BCUT2D eigenvalue weighted by Gasteiger charge is 2.30. The third-order valence-electron chi connectivity index (χ3n) is 6.02. The number of oxazole rings is 1. The van der Waals surface area contributed by atoms with Gasteiger partial charge in [-0.2, -0.15) is 0 Å². The number of hydrogen-bond acceptors (Lipinski definition) is 7. The summed E-state index contributed by atoms with van der Waals surface area (Å²) in [4.78, 5) is 29.5. The third-order valence-corrected chi connectivity index (χ3v) is 7.18. The number of likely N-dealkylation sites (tertiary alicyclic amines) is 1. The summed E-state index contributed by atoms with van der Waals surface area (Å²) < 4.78 is 11.4. The average Bonchev–Trinajstić information content (AvgIpc) is 3.51. The van der Waals surface area contributed by atoms with Crippen LogP contribution in [0.5, 0.6) is 5.75 Å². The van der Waals surface area contributed by atoms with Crippen LogP contribution in [0.2, 0.25) is 0 Å². The Kier molecular flexibility index (Phi) is 6.40. The van der Waals surface area contributed by atoms with Gasteiger partial charge in [0.1, 0.15) is 21.4 Å². The minimum Gasteiger partial charge on any atom is -0.497 e. The van der Waals surface area contributed by atoms with Gasteiger partial charge in [0.2, 0.25) is 0 Å². The van der Waals surface area contributed by atoms with Gasteiger partial charge in [0, 0.05) is 25.7 Å². The van der Waals surface area contributed by atoms with Crippen molar-refractivity contribution in [1.29, 1.82) is 0 Å². The number of pyridine rings is 1. The van der Waals surface area contributed by atoms with Crippen LogP contribution in [-0.2, 0) is 6.42 Å². The number of methoxy groups -OCH3 is 1. The zero-order valence-corrected chi connectivity index (χ0v) is 20.0. The van der Waals surface area contributed by atoms with Crippen molar-refractivity contribution in [2.75, 3.05) is 20.2 Å². The molecule has 0 bridgehead atoms. The molecule has 0 saturated carbocycles. The molecule has 3 aromatic heterocycles. The second-order valence-electron chi connectivity index (χ2n) is 8.43. The monoisotopic (exact) mass is 474 g/mol. The van der Waals surface area contributed by atoms with E-state index in [-0.39, 0.29) is 11.8 Å². The molecule has 0 N–H and O–H groups in total. The maximum absolute atomic E-state index is 13.4. The van der Waals surface area contributed by atoms with E-state index in [1.54, 1.807) is 19.5 Å². The van der Waals surface area contributed by atoms with Gasteiger partial charge >= 0.3 is 0 Å². The predicted octanol–water partition coefficient (Wildman–Crippen LogP) is 5.12. The lowest BCUT2D eigenvalue weighted by atomic mass is 9.98. The Hall–Kier alpha value is -3.52. The molecule has 4 heterocycles. The Bertz CT molecular complexity index is 1280. The fraction of sp³-hybridized carbons (Fsp3) is 0.308. The van der Waals surface area contributed by atoms with Crippen molar-refractivity contribution in [1.82, 2.24) is 19.9 Å². The number of hydrogen-bond donors (Lipinski definition) is 0. The van der Waals surface area contributed by atoms with Gasteiger partial charge in [-0.05, 0) is 49.6 Å². The number of nitrogens with zero attached hydrogens (tertiary/aromatic N) is 4. The lowest BCUT2D eigenvalue weighted by Crippen LogP contribution is -2.39. The van der Waals surface area contributed by atoms with Crippen LogP contribution >= 0.6 is 11.3 Å². The summed E-state index contributed by atoms with van der Waals surface area (Å²) in [5.74, 6) is 2.43. The summed E-state index contributed by atoms with van der Waals surface area (Å²) in [7, 11) is 1.66. The normalized spacial score (nSPS) is 15.9. The number of carbonyl (C=O) groups excluding carboxylic acids is 1. The molecule has 34 heavy (non-hydrogen) atoms. The molecule has 0 aliphatic carbocycles. The van der Waals surface area contributed by atoms with Gasteiger partial charge in [-0.25, -0.2) is 9.97 Å². The van der Waals surface area contributed by atoms with E-state index in [2.05, 4.69) is 15.0 Å². The standard InChI is InChI=1S/C26H26N4O3S/c1-17-23(34-25(29-17)22-10-3-4-11-27-22)26(31)30-12-6-8-19(16-30)24-28-15-21(33-24)14-18-7-5-9-20(13-18)32-2/h3-5,7,9-11,13,15,19H,6,8,12,14,16H2,1-2H3/t19-/m0/s1. The molecule has 1 aliphatic rings. The van der Waals surface area contributed by atoms with Crippen molar-refractivity contribution >= 4 is 17.2 Å². The molecule has 174 valence electrons. The Morgan fingerprint density at radius 1 is 1.24 bits per heavy atom. The van der Waals surface area contributed by atoms with E-state index in [0.29, 0.717) is 23.7 Å². The molecule has 1 fully saturated rings. The van der Waals surface area contributed by atoms with Crippen LogP contribution in [0.25, 0.3) is 10.7 Å². The van der Waals surface area contributed by atoms with Crippen LogP contribution in [0.4, 0.5) is 0 Å². The molecule has 0 radical (unpaired) electrons. The molecular formula is C26H26N4O3S. The smallest absolute Gasteiger partial charge is 0.265 e. The molecular weight excluding hydrogens is 448 g/mol. The van der Waals surface area contributed by atoms with Crippen LogP contribution in [-0.4, -0.2) is 46.0 Å². The average molecular weight is 475 g/mol. The zero-order chi connectivity index (χ0) is 23.5. The van der Waals surface area contributed by atoms with Crippen molar-refractivity contribution in [3.63, 3.8) is 0 Å². The van der Waals surface area contributed by atoms with Crippen molar-refractivity contribution in [2.45, 2.75) is 32.1 Å². The number of piperidine rings is 1. The molecule has 5 rings (SSSR count). The van der Waals surface area contributed by atoms with E-state index in [1.807, 2.05) is 54.3 Å². The van der Waals surface area contributed by atoms with Crippen LogP contribution in [0.1, 0.15) is 51.3 Å². The fourth-order valence-corrected chi connectivity index (χ4v) is 5.29. The number of amides is 1. The Balaban J connectivity index is 1.28. The van der Waals surface area contributed by atoms with Gasteiger partial charge in [-0.1, -0.05) is 18.2 Å². The van der Waals surface area contributed by atoms with Gasteiger partial charge in [0.15, 0.2) is 5.89 Å². The maximum atomic E-state index is 13.4. The van der Waals surface area contributed by atoms with Gasteiger partial charge in [-0.3, -0.25) is 9.78 Å². The summed E-state index contributed by atoms with van der Waals surface area (Å²) in [5.41, 5.74) is 2.64. The van der Waals surface area contributed by atoms with Crippen LogP contribution in [0.15, 0.2) is 59.3 Å². The van der Waals surface area contributed by atoms with Crippen molar-refractivity contribution < 1.29 is 13.9 Å². The first-order chi connectivity index (χ1) is 16.6. The number of aryl methyl sites for hydroxylation is 1. The second kappa shape index (κ2) is 9.77. The molecule has 0 unspecified atom stereocenters. The van der Waals surface area contributed by atoms with E-state index in [4.69, 9.17) is 9.15 Å². The maximum Gasteiger partial charge on any atom is 0.265 e. The SMILES string of the molecule is COc1cccc(Cc2cnc([C@H]3CCCN(C(=O)c4sc(-c5ccccn5)nc4C)C3)o2)c1. The van der Waals surface area contributed by atoms with Gasteiger partial charge in [0.05, 0.1) is 30.6 Å². The van der Waals surface area contributed by atoms with Gasteiger partial charge < -0.3 is 14.1 Å². The molecule has 4 aromatic rings. The number of ether oxygens (including phenoxy) is 1. The minimum atomic E-state index is 0.0186. The van der Waals surface area contributed by atoms with Crippen molar-refractivity contribution in [2.24, 2.45) is 0 Å². The number of aromatic nitrogens is 3. The quantitative estimate of drug-likeness (QED) is 0.386. The molecule has 8 heteroatoms.